The van der Waals surface area contributed by atoms with Crippen molar-refractivity contribution in [3.05, 3.63) is 42.0 Å². The summed E-state index contributed by atoms with van der Waals surface area (Å²) in [6.45, 7) is 0.575. The number of anilines is 2. The zero-order chi connectivity index (χ0) is 13.8. The van der Waals surface area contributed by atoms with E-state index in [4.69, 9.17) is 5.73 Å². The molecule has 1 heterocycles. The number of hydrogen-bond donors (Lipinski definition) is 2. The smallest absolute Gasteiger partial charge is 0.337 e. The zero-order valence-corrected chi connectivity index (χ0v) is 10.9. The fraction of sp³-hybridized carbons (Fsp3) is 0.231. The summed E-state index contributed by atoms with van der Waals surface area (Å²) in [5.74, 6) is -0.386. The van der Waals surface area contributed by atoms with Gasteiger partial charge in [-0.25, -0.2) is 9.78 Å². The van der Waals surface area contributed by atoms with Gasteiger partial charge < -0.3 is 20.4 Å². The van der Waals surface area contributed by atoms with Crippen LogP contribution in [-0.2, 0) is 18.3 Å². The van der Waals surface area contributed by atoms with Crippen molar-refractivity contribution >= 4 is 17.3 Å². The van der Waals surface area contributed by atoms with Crippen LogP contribution in [0.1, 0.15) is 16.1 Å². The summed E-state index contributed by atoms with van der Waals surface area (Å²) < 4.78 is 6.59. The van der Waals surface area contributed by atoms with Crippen LogP contribution in [0, 0.1) is 0 Å². The maximum atomic E-state index is 11.5. The highest BCUT2D eigenvalue weighted by Crippen LogP contribution is 2.21. The van der Waals surface area contributed by atoms with Crippen LogP contribution < -0.4 is 11.1 Å². The summed E-state index contributed by atoms with van der Waals surface area (Å²) in [5.41, 5.74) is 8.63. The second-order valence-corrected chi connectivity index (χ2v) is 4.14. The minimum atomic E-state index is -0.386. The van der Waals surface area contributed by atoms with Crippen molar-refractivity contribution < 1.29 is 9.53 Å². The van der Waals surface area contributed by atoms with Crippen LogP contribution in [0.25, 0.3) is 0 Å². The monoisotopic (exact) mass is 260 g/mol. The Balaban J connectivity index is 2.15. The van der Waals surface area contributed by atoms with E-state index in [9.17, 15) is 4.79 Å². The van der Waals surface area contributed by atoms with E-state index < -0.39 is 0 Å². The molecule has 0 spiro atoms. The zero-order valence-electron chi connectivity index (χ0n) is 10.9. The van der Waals surface area contributed by atoms with Crippen LogP contribution in [0.15, 0.2) is 30.7 Å². The van der Waals surface area contributed by atoms with Crippen LogP contribution >= 0.6 is 0 Å². The molecule has 0 aliphatic heterocycles. The Bertz CT molecular complexity index is 592. The van der Waals surface area contributed by atoms with E-state index in [1.165, 1.54) is 7.11 Å². The average Bonchev–Trinajstić information content (AvgIpc) is 2.82. The average molecular weight is 260 g/mol. The Labute approximate surface area is 111 Å². The van der Waals surface area contributed by atoms with Gasteiger partial charge >= 0.3 is 5.97 Å². The lowest BCUT2D eigenvalue weighted by molar-refractivity contribution is 0.0601. The Hall–Kier alpha value is -2.50. The van der Waals surface area contributed by atoms with Crippen molar-refractivity contribution in [3.8, 4) is 0 Å². The molecule has 0 radical (unpaired) electrons. The van der Waals surface area contributed by atoms with Crippen LogP contribution in [0.4, 0.5) is 11.4 Å². The van der Waals surface area contributed by atoms with Gasteiger partial charge in [-0.05, 0) is 18.2 Å². The van der Waals surface area contributed by atoms with Crippen molar-refractivity contribution in [2.75, 3.05) is 18.2 Å². The van der Waals surface area contributed by atoms with Crippen molar-refractivity contribution in [2.45, 2.75) is 6.54 Å². The first-order chi connectivity index (χ1) is 9.11. The summed E-state index contributed by atoms with van der Waals surface area (Å²) in [5, 5.41) is 3.18. The quantitative estimate of drug-likeness (QED) is 0.641. The lowest BCUT2D eigenvalue weighted by Crippen LogP contribution is -2.08. The highest BCUT2D eigenvalue weighted by molar-refractivity contribution is 5.91. The molecule has 0 amide bonds. The van der Waals surface area contributed by atoms with E-state index in [2.05, 4.69) is 15.0 Å². The van der Waals surface area contributed by atoms with E-state index in [0.717, 1.165) is 5.69 Å². The first-order valence-corrected chi connectivity index (χ1v) is 5.78. The van der Waals surface area contributed by atoms with Gasteiger partial charge in [0.15, 0.2) is 0 Å². The van der Waals surface area contributed by atoms with Gasteiger partial charge in [-0.1, -0.05) is 0 Å². The third-order valence-electron chi connectivity index (χ3n) is 2.85. The number of nitrogens with two attached hydrogens (primary N) is 1. The third kappa shape index (κ3) is 2.85. The number of carbonyl (C=O) groups is 1. The predicted molar refractivity (Wildman–Crippen MR) is 72.7 cm³/mol. The van der Waals surface area contributed by atoms with Gasteiger partial charge in [0.25, 0.3) is 0 Å². The number of nitrogens with zero attached hydrogens (tertiary/aromatic N) is 2. The first-order valence-electron chi connectivity index (χ1n) is 5.78. The second kappa shape index (κ2) is 5.43. The normalized spacial score (nSPS) is 10.2. The van der Waals surface area contributed by atoms with Crippen molar-refractivity contribution in [1.82, 2.24) is 9.55 Å². The number of nitrogens with one attached hydrogen (secondary N) is 1. The van der Waals surface area contributed by atoms with E-state index in [1.54, 1.807) is 30.7 Å². The van der Waals surface area contributed by atoms with Gasteiger partial charge in [0.2, 0.25) is 0 Å². The number of esters is 1. The topological polar surface area (TPSA) is 82.2 Å². The number of aryl methyl sites for hydroxylation is 1. The fourth-order valence-corrected chi connectivity index (χ4v) is 1.69. The van der Waals surface area contributed by atoms with Crippen LogP contribution in [0.3, 0.4) is 0 Å². The number of methoxy groups -OCH3 is 1. The van der Waals surface area contributed by atoms with Crippen LogP contribution in [0.5, 0.6) is 0 Å². The molecule has 0 aliphatic rings. The van der Waals surface area contributed by atoms with Gasteiger partial charge in [0.05, 0.1) is 42.6 Å². The molecule has 0 saturated carbocycles. The molecule has 6 nitrogen and oxygen atoms in total. The fourth-order valence-electron chi connectivity index (χ4n) is 1.69. The number of hydrogen-bond acceptors (Lipinski definition) is 5. The molecule has 0 atom stereocenters. The SMILES string of the molecule is COC(=O)c1ccc(N)c(NCc2cncn2C)c1. The third-order valence-corrected chi connectivity index (χ3v) is 2.85. The maximum absolute atomic E-state index is 11.5. The number of nitrogen functional groups attached to an aromatic ring is 1. The molecule has 0 fully saturated rings. The summed E-state index contributed by atoms with van der Waals surface area (Å²) in [6, 6.07) is 4.99. The standard InChI is InChI=1S/C13H16N4O2/c1-17-8-15-6-10(17)7-16-12-5-9(13(18)19-2)3-4-11(12)14/h3-6,8,16H,7,14H2,1-2H3. The number of ether oxygens (including phenoxy) is 1. The molecule has 6 heteroatoms. The van der Waals surface area contributed by atoms with E-state index in [0.29, 0.717) is 23.5 Å². The Morgan fingerprint density at radius 3 is 2.95 bits per heavy atom. The van der Waals surface area contributed by atoms with Gasteiger partial charge in [0, 0.05) is 13.2 Å². The molecule has 3 N–H and O–H groups in total. The number of benzene rings is 1. The number of carbonyl (C=O) groups excluding carboxylic acids is 1. The van der Waals surface area contributed by atoms with E-state index in [-0.39, 0.29) is 5.97 Å². The Morgan fingerprint density at radius 1 is 1.53 bits per heavy atom. The molecule has 0 bridgehead atoms. The molecular formula is C13H16N4O2. The molecule has 2 rings (SSSR count). The Kier molecular flexibility index (Phi) is 3.70. The predicted octanol–water partition coefficient (Wildman–Crippen LogP) is 1.40. The number of rotatable bonds is 4. The van der Waals surface area contributed by atoms with Gasteiger partial charge in [-0.3, -0.25) is 0 Å². The molecule has 1 aromatic heterocycles. The van der Waals surface area contributed by atoms with Crippen molar-refractivity contribution in [3.63, 3.8) is 0 Å². The van der Waals surface area contributed by atoms with Crippen molar-refractivity contribution in [2.24, 2.45) is 7.05 Å². The lowest BCUT2D eigenvalue weighted by atomic mass is 10.1. The largest absolute Gasteiger partial charge is 0.465 e. The summed E-state index contributed by atoms with van der Waals surface area (Å²) in [6.07, 6.45) is 3.50. The summed E-state index contributed by atoms with van der Waals surface area (Å²) >= 11 is 0. The van der Waals surface area contributed by atoms with E-state index in [1.807, 2.05) is 11.6 Å². The molecule has 0 saturated heterocycles. The summed E-state index contributed by atoms with van der Waals surface area (Å²) in [4.78, 5) is 15.5. The molecule has 19 heavy (non-hydrogen) atoms. The lowest BCUT2D eigenvalue weighted by Gasteiger charge is -2.11. The van der Waals surface area contributed by atoms with Gasteiger partial charge in [-0.2, -0.15) is 0 Å². The minimum absolute atomic E-state index is 0.386. The van der Waals surface area contributed by atoms with Crippen molar-refractivity contribution in [1.29, 1.82) is 0 Å². The van der Waals surface area contributed by atoms with E-state index >= 15 is 0 Å². The number of aromatic nitrogens is 2. The minimum Gasteiger partial charge on any atom is -0.465 e. The molecule has 0 unspecified atom stereocenters. The van der Waals surface area contributed by atoms with Crippen LogP contribution in [-0.4, -0.2) is 22.6 Å². The molecular weight excluding hydrogens is 244 g/mol. The Morgan fingerprint density at radius 2 is 2.32 bits per heavy atom. The first kappa shape index (κ1) is 12.9. The maximum Gasteiger partial charge on any atom is 0.337 e. The van der Waals surface area contributed by atoms with Crippen LogP contribution in [0.2, 0.25) is 0 Å². The summed E-state index contributed by atoms with van der Waals surface area (Å²) in [7, 11) is 3.26. The van der Waals surface area contributed by atoms with Gasteiger partial charge in [-0.15, -0.1) is 0 Å². The highest BCUT2D eigenvalue weighted by Gasteiger charge is 2.08. The molecule has 0 aliphatic carbocycles. The molecule has 1 aromatic carbocycles. The van der Waals surface area contributed by atoms with Gasteiger partial charge in [0.1, 0.15) is 0 Å². The highest BCUT2D eigenvalue weighted by atomic mass is 16.5. The number of imidazole rings is 1. The second-order valence-electron chi connectivity index (χ2n) is 4.14. The molecule has 100 valence electrons. The molecule has 2 aromatic rings.